The van der Waals surface area contributed by atoms with Crippen molar-refractivity contribution in [3.8, 4) is 5.75 Å². The van der Waals surface area contributed by atoms with Gasteiger partial charge >= 0.3 is 0 Å². The summed E-state index contributed by atoms with van der Waals surface area (Å²) in [6.45, 7) is 7.35. The van der Waals surface area contributed by atoms with Crippen LogP contribution in [0.5, 0.6) is 5.75 Å². The lowest BCUT2D eigenvalue weighted by molar-refractivity contribution is -0.115. The average Bonchev–Trinajstić information content (AvgIpc) is 2.80. The van der Waals surface area contributed by atoms with Crippen molar-refractivity contribution in [3.05, 3.63) is 107 Å². The summed E-state index contributed by atoms with van der Waals surface area (Å²) < 4.78 is 5.32. The van der Waals surface area contributed by atoms with Crippen molar-refractivity contribution >= 4 is 11.4 Å². The number of hydrogen-bond acceptors (Lipinski definition) is 3. The third-order valence-electron chi connectivity index (χ3n) is 6.14. The van der Waals surface area contributed by atoms with Crippen molar-refractivity contribution in [3.63, 3.8) is 0 Å². The third-order valence-corrected chi connectivity index (χ3v) is 6.14. The fraction of sp³-hybridized carbons (Fsp3) is 0.276. The van der Waals surface area contributed by atoms with E-state index >= 15 is 0 Å². The minimum atomic E-state index is -0.00814. The highest BCUT2D eigenvalue weighted by Crippen LogP contribution is 2.36. The Kier molecular flexibility index (Phi) is 6.18. The van der Waals surface area contributed by atoms with Gasteiger partial charge in [0.25, 0.3) is 0 Å². The van der Waals surface area contributed by atoms with Crippen LogP contribution in [0.15, 0.2) is 85.1 Å². The second-order valence-electron chi connectivity index (χ2n) is 9.44. The molecule has 1 heterocycles. The zero-order valence-electron chi connectivity index (χ0n) is 19.3. The molecule has 0 aliphatic carbocycles. The van der Waals surface area contributed by atoms with Crippen LogP contribution in [0.25, 0.3) is 5.57 Å². The van der Waals surface area contributed by atoms with Gasteiger partial charge in [0.2, 0.25) is 0 Å². The molecule has 0 bridgehead atoms. The summed E-state index contributed by atoms with van der Waals surface area (Å²) in [7, 11) is 1.67. The van der Waals surface area contributed by atoms with E-state index in [1.807, 2.05) is 18.2 Å². The SMILES string of the molecule is COc1ccc(C2CC(=O)C(c3ccc(C(C)(C)C)cc3)=CN2Cc2ccccc2)cc1. The number of methoxy groups -OCH3 is 1. The van der Waals surface area contributed by atoms with E-state index in [1.165, 1.54) is 11.1 Å². The summed E-state index contributed by atoms with van der Waals surface area (Å²) in [6.07, 6.45) is 2.51. The Morgan fingerprint density at radius 2 is 1.56 bits per heavy atom. The summed E-state index contributed by atoms with van der Waals surface area (Å²) in [4.78, 5) is 15.6. The van der Waals surface area contributed by atoms with Gasteiger partial charge in [-0.2, -0.15) is 0 Å². The number of allylic oxidation sites excluding steroid dienone is 1. The van der Waals surface area contributed by atoms with Crippen LogP contribution in [0, 0.1) is 0 Å². The number of rotatable bonds is 5. The lowest BCUT2D eigenvalue weighted by Crippen LogP contribution is -2.30. The Morgan fingerprint density at radius 3 is 2.16 bits per heavy atom. The molecule has 3 aromatic carbocycles. The predicted molar refractivity (Wildman–Crippen MR) is 130 cm³/mol. The largest absolute Gasteiger partial charge is 0.497 e. The van der Waals surface area contributed by atoms with Gasteiger partial charge in [-0.1, -0.05) is 87.5 Å². The van der Waals surface area contributed by atoms with Crippen LogP contribution in [0.2, 0.25) is 0 Å². The summed E-state index contributed by atoms with van der Waals surface area (Å²) in [5, 5.41) is 0. The molecule has 1 unspecified atom stereocenters. The molecular weight excluding hydrogens is 394 g/mol. The third kappa shape index (κ3) is 4.77. The van der Waals surface area contributed by atoms with Gasteiger partial charge in [0.15, 0.2) is 5.78 Å². The maximum atomic E-state index is 13.3. The van der Waals surface area contributed by atoms with Gasteiger partial charge in [0, 0.05) is 24.7 Å². The highest BCUT2D eigenvalue weighted by atomic mass is 16.5. The van der Waals surface area contributed by atoms with E-state index in [-0.39, 0.29) is 17.2 Å². The van der Waals surface area contributed by atoms with Crippen molar-refractivity contribution in [2.24, 2.45) is 0 Å². The molecule has 3 heteroatoms. The number of benzene rings is 3. The van der Waals surface area contributed by atoms with Crippen molar-refractivity contribution in [2.75, 3.05) is 7.11 Å². The molecule has 1 atom stereocenters. The molecule has 32 heavy (non-hydrogen) atoms. The van der Waals surface area contributed by atoms with Crippen LogP contribution in [0.4, 0.5) is 0 Å². The van der Waals surface area contributed by atoms with Crippen LogP contribution in [-0.4, -0.2) is 17.8 Å². The maximum absolute atomic E-state index is 13.3. The monoisotopic (exact) mass is 425 g/mol. The lowest BCUT2D eigenvalue weighted by Gasteiger charge is -2.35. The van der Waals surface area contributed by atoms with E-state index < -0.39 is 0 Å². The lowest BCUT2D eigenvalue weighted by atomic mass is 9.85. The van der Waals surface area contributed by atoms with Crippen LogP contribution in [0.3, 0.4) is 0 Å². The van der Waals surface area contributed by atoms with Gasteiger partial charge in [0.05, 0.1) is 13.2 Å². The molecule has 164 valence electrons. The molecule has 0 saturated carbocycles. The number of ketones is 1. The molecule has 0 amide bonds. The quantitative estimate of drug-likeness (QED) is 0.464. The molecule has 0 N–H and O–H groups in total. The minimum Gasteiger partial charge on any atom is -0.497 e. The second kappa shape index (κ2) is 9.04. The normalized spacial score (nSPS) is 16.6. The fourth-order valence-electron chi connectivity index (χ4n) is 4.20. The Morgan fingerprint density at radius 1 is 0.906 bits per heavy atom. The van der Waals surface area contributed by atoms with Crippen LogP contribution < -0.4 is 4.74 Å². The van der Waals surface area contributed by atoms with Crippen molar-refractivity contribution in [1.29, 1.82) is 0 Å². The molecule has 0 aromatic heterocycles. The van der Waals surface area contributed by atoms with Gasteiger partial charge in [-0.15, -0.1) is 0 Å². The van der Waals surface area contributed by atoms with Crippen LogP contribution >= 0.6 is 0 Å². The number of carbonyl (C=O) groups excluding carboxylic acids is 1. The zero-order chi connectivity index (χ0) is 22.7. The van der Waals surface area contributed by atoms with E-state index in [1.54, 1.807) is 7.11 Å². The first-order valence-corrected chi connectivity index (χ1v) is 11.1. The Bertz CT molecular complexity index is 1090. The van der Waals surface area contributed by atoms with Gasteiger partial charge < -0.3 is 9.64 Å². The van der Waals surface area contributed by atoms with E-state index in [0.29, 0.717) is 6.42 Å². The van der Waals surface area contributed by atoms with Crippen LogP contribution in [-0.2, 0) is 16.8 Å². The molecule has 4 rings (SSSR count). The Hall–Kier alpha value is -3.33. The number of carbonyl (C=O) groups is 1. The zero-order valence-corrected chi connectivity index (χ0v) is 19.3. The van der Waals surface area contributed by atoms with Gasteiger partial charge in [0.1, 0.15) is 5.75 Å². The van der Waals surface area contributed by atoms with Gasteiger partial charge in [-0.3, -0.25) is 4.79 Å². The van der Waals surface area contributed by atoms with Crippen molar-refractivity contribution in [2.45, 2.75) is 45.2 Å². The van der Waals surface area contributed by atoms with E-state index in [9.17, 15) is 4.79 Å². The number of Topliss-reactive ketones (excluding diaryl/α,β-unsaturated/α-hetero) is 1. The Labute approximate surface area is 191 Å². The van der Waals surface area contributed by atoms with E-state index in [4.69, 9.17) is 4.74 Å². The molecule has 1 aliphatic heterocycles. The molecule has 0 fully saturated rings. The van der Waals surface area contributed by atoms with Crippen molar-refractivity contribution in [1.82, 2.24) is 4.90 Å². The molecular formula is C29H31NO2. The molecule has 3 nitrogen and oxygen atoms in total. The van der Waals surface area contributed by atoms with E-state index in [2.05, 4.69) is 92.5 Å². The summed E-state index contributed by atoms with van der Waals surface area (Å²) in [6, 6.07) is 26.9. The van der Waals surface area contributed by atoms with Crippen molar-refractivity contribution < 1.29 is 9.53 Å². The second-order valence-corrected chi connectivity index (χ2v) is 9.44. The summed E-state index contributed by atoms with van der Waals surface area (Å²) in [5.74, 6) is 0.999. The smallest absolute Gasteiger partial charge is 0.167 e. The van der Waals surface area contributed by atoms with Gasteiger partial charge in [-0.05, 0) is 39.8 Å². The van der Waals surface area contributed by atoms with Crippen LogP contribution in [0.1, 0.15) is 55.5 Å². The first kappa shape index (κ1) is 21.9. The number of hydrogen-bond donors (Lipinski definition) is 0. The number of nitrogens with zero attached hydrogens (tertiary/aromatic N) is 1. The average molecular weight is 426 g/mol. The molecule has 3 aromatic rings. The maximum Gasteiger partial charge on any atom is 0.167 e. The predicted octanol–water partition coefficient (Wildman–Crippen LogP) is 6.55. The highest BCUT2D eigenvalue weighted by molar-refractivity contribution is 6.21. The minimum absolute atomic E-state index is 0.00814. The van der Waals surface area contributed by atoms with Gasteiger partial charge in [-0.25, -0.2) is 0 Å². The van der Waals surface area contributed by atoms with E-state index in [0.717, 1.165) is 29.0 Å². The molecule has 1 aliphatic rings. The number of ether oxygens (including phenoxy) is 1. The standard InChI is InChI=1S/C29H31NO2/c1-29(2,3)24-14-10-22(11-15-24)26-20-30(19-21-8-6-5-7-9-21)27(18-28(26)31)23-12-16-25(32-4)17-13-23/h5-17,20,27H,18-19H2,1-4H3. The Balaban J connectivity index is 1.70. The first-order valence-electron chi connectivity index (χ1n) is 11.1. The first-order chi connectivity index (χ1) is 15.3. The molecule has 0 spiro atoms. The summed E-state index contributed by atoms with van der Waals surface area (Å²) in [5.41, 5.74) is 5.46. The highest BCUT2D eigenvalue weighted by Gasteiger charge is 2.30. The topological polar surface area (TPSA) is 29.5 Å². The fourth-order valence-corrected chi connectivity index (χ4v) is 4.20. The summed E-state index contributed by atoms with van der Waals surface area (Å²) >= 11 is 0. The molecule has 0 saturated heterocycles. The molecule has 0 radical (unpaired) electrons.